The number of halogens is 3. The van der Waals surface area contributed by atoms with Crippen molar-refractivity contribution in [1.29, 1.82) is 0 Å². The first-order valence-corrected chi connectivity index (χ1v) is 13.2. The molecule has 194 valence electrons. The molecule has 3 N–H and O–H groups in total. The summed E-state index contributed by atoms with van der Waals surface area (Å²) in [4.78, 5) is 14.0. The lowest BCUT2D eigenvalue weighted by Crippen LogP contribution is -2.61. The minimum absolute atomic E-state index is 0.00973. The van der Waals surface area contributed by atoms with E-state index in [1.807, 2.05) is 0 Å². The number of anilines is 2. The van der Waals surface area contributed by atoms with Gasteiger partial charge in [0.25, 0.3) is 0 Å². The van der Waals surface area contributed by atoms with Crippen molar-refractivity contribution in [2.75, 3.05) is 17.2 Å². The first kappa shape index (κ1) is 24.8. The Kier molecular flexibility index (Phi) is 7.30. The Hall–Kier alpha value is -2.90. The molecule has 0 radical (unpaired) electrons. The molecule has 8 heteroatoms. The van der Waals surface area contributed by atoms with Crippen molar-refractivity contribution in [3.05, 3.63) is 53.8 Å². The van der Waals surface area contributed by atoms with Crippen LogP contribution < -0.4 is 20.7 Å². The van der Waals surface area contributed by atoms with Crippen LogP contribution in [-0.4, -0.2) is 24.2 Å². The Morgan fingerprint density at radius 2 is 1.44 bits per heavy atom. The summed E-state index contributed by atoms with van der Waals surface area (Å²) in [5, 5.41) is 9.97. The molecule has 1 heterocycles. The van der Waals surface area contributed by atoms with Crippen molar-refractivity contribution in [3.63, 3.8) is 0 Å². The lowest BCUT2D eigenvalue weighted by molar-refractivity contribution is -0.130. The summed E-state index contributed by atoms with van der Waals surface area (Å²) in [6.45, 7) is 0.00973. The number of carbonyl (C=O) groups excluding carboxylic acids is 1. The molecule has 2 fully saturated rings. The third kappa shape index (κ3) is 5.27. The zero-order valence-electron chi connectivity index (χ0n) is 20.4. The summed E-state index contributed by atoms with van der Waals surface area (Å²) in [5.41, 5.74) is -0.344. The Balaban J connectivity index is 1.49. The number of hydrogen-bond acceptors (Lipinski definition) is 4. The molecule has 2 aliphatic carbocycles. The highest BCUT2D eigenvalue weighted by molar-refractivity contribution is 5.86. The molecule has 3 aliphatic rings. The second kappa shape index (κ2) is 10.6. The zero-order valence-corrected chi connectivity index (χ0v) is 20.4. The number of carbonyl (C=O) groups is 1. The standard InChI is InChI=1S/C28H34F3N3O2/c29-19-11-13-21(14-12-19)36-17-28(33-24-15-22(30)23(31)16-25(24)34-28)26(18-7-3-1-4-8-18)27(35)32-20-9-5-2-6-10-20/h11-16,18,20,26,33-34H,1-10,17H2,(H,32,35). The maximum Gasteiger partial charge on any atom is 0.228 e. The Morgan fingerprint density at radius 1 is 0.889 bits per heavy atom. The summed E-state index contributed by atoms with van der Waals surface area (Å²) in [6, 6.07) is 8.05. The van der Waals surface area contributed by atoms with Crippen molar-refractivity contribution >= 4 is 17.3 Å². The Morgan fingerprint density at radius 3 is 2.03 bits per heavy atom. The summed E-state index contributed by atoms with van der Waals surface area (Å²) >= 11 is 0. The second-order valence-electron chi connectivity index (χ2n) is 10.5. The molecule has 5 nitrogen and oxygen atoms in total. The molecule has 1 unspecified atom stereocenters. The van der Waals surface area contributed by atoms with Gasteiger partial charge in [-0.2, -0.15) is 0 Å². The zero-order chi connectivity index (χ0) is 25.1. The van der Waals surface area contributed by atoms with Crippen LogP contribution in [0.15, 0.2) is 36.4 Å². The van der Waals surface area contributed by atoms with Gasteiger partial charge >= 0.3 is 0 Å². The maximum absolute atomic E-state index is 14.1. The van der Waals surface area contributed by atoms with Gasteiger partial charge in [-0.1, -0.05) is 38.5 Å². The van der Waals surface area contributed by atoms with Crippen molar-refractivity contribution in [2.24, 2.45) is 11.8 Å². The average Bonchev–Trinajstić information content (AvgIpc) is 3.23. The van der Waals surface area contributed by atoms with Crippen LogP contribution in [0, 0.1) is 29.3 Å². The lowest BCUT2D eigenvalue weighted by atomic mass is 9.73. The van der Waals surface area contributed by atoms with Crippen molar-refractivity contribution in [3.8, 4) is 5.75 Å². The molecular weight excluding hydrogens is 467 g/mol. The molecular formula is C28H34F3N3O2. The highest BCUT2D eigenvalue weighted by Gasteiger charge is 2.52. The molecule has 1 atom stereocenters. The second-order valence-corrected chi connectivity index (χ2v) is 10.5. The molecule has 36 heavy (non-hydrogen) atoms. The molecule has 5 rings (SSSR count). The minimum atomic E-state index is -1.13. The normalized spacial score (nSPS) is 20.6. The van der Waals surface area contributed by atoms with Crippen molar-refractivity contribution in [2.45, 2.75) is 75.9 Å². The van der Waals surface area contributed by atoms with E-state index in [1.165, 1.54) is 30.7 Å². The Bertz CT molecular complexity index is 1040. The molecule has 2 aromatic rings. The van der Waals surface area contributed by atoms with Gasteiger partial charge in [0.1, 0.15) is 18.2 Å². The predicted molar refractivity (Wildman–Crippen MR) is 133 cm³/mol. The third-order valence-corrected chi connectivity index (χ3v) is 7.94. The monoisotopic (exact) mass is 501 g/mol. The van der Waals surface area contributed by atoms with E-state index in [4.69, 9.17) is 4.74 Å². The van der Waals surface area contributed by atoms with Crippen LogP contribution in [0.2, 0.25) is 0 Å². The van der Waals surface area contributed by atoms with E-state index >= 15 is 0 Å². The largest absolute Gasteiger partial charge is 0.489 e. The molecule has 0 aromatic heterocycles. The van der Waals surface area contributed by atoms with Crippen LogP contribution in [0.4, 0.5) is 24.5 Å². The van der Waals surface area contributed by atoms with Gasteiger partial charge in [0, 0.05) is 18.2 Å². The maximum atomic E-state index is 14.1. The highest BCUT2D eigenvalue weighted by Crippen LogP contribution is 2.45. The molecule has 0 spiro atoms. The van der Waals surface area contributed by atoms with Crippen molar-refractivity contribution in [1.82, 2.24) is 5.32 Å². The van der Waals surface area contributed by atoms with Crippen LogP contribution in [-0.2, 0) is 4.79 Å². The Labute approximate surface area is 210 Å². The smallest absolute Gasteiger partial charge is 0.228 e. The molecule has 2 saturated carbocycles. The topological polar surface area (TPSA) is 62.4 Å². The van der Waals surface area contributed by atoms with Gasteiger partial charge in [-0.3, -0.25) is 4.79 Å². The number of hydrogen-bond donors (Lipinski definition) is 3. The SMILES string of the molecule is O=C(NC1CCCCC1)C(C1CCCCC1)C1(COc2ccc(F)cc2)Nc2cc(F)c(F)cc2N1. The predicted octanol–water partition coefficient (Wildman–Crippen LogP) is 6.36. The van der Waals surface area contributed by atoms with E-state index in [-0.39, 0.29) is 30.3 Å². The quantitative estimate of drug-likeness (QED) is 0.413. The van der Waals surface area contributed by atoms with Gasteiger partial charge in [0.2, 0.25) is 5.91 Å². The average molecular weight is 502 g/mol. The van der Waals surface area contributed by atoms with Crippen molar-refractivity contribution < 1.29 is 22.7 Å². The van der Waals surface area contributed by atoms with Gasteiger partial charge in [0.15, 0.2) is 17.3 Å². The number of ether oxygens (including phenoxy) is 1. The van der Waals surface area contributed by atoms with E-state index in [9.17, 15) is 18.0 Å². The first-order chi connectivity index (χ1) is 17.4. The molecule has 1 aliphatic heterocycles. The minimum Gasteiger partial charge on any atom is -0.489 e. The number of rotatable bonds is 7. The van der Waals surface area contributed by atoms with Gasteiger partial charge < -0.3 is 20.7 Å². The third-order valence-electron chi connectivity index (χ3n) is 7.94. The van der Waals surface area contributed by atoms with Crippen LogP contribution in [0.5, 0.6) is 5.75 Å². The van der Waals surface area contributed by atoms with E-state index in [2.05, 4.69) is 16.0 Å². The fourth-order valence-corrected chi connectivity index (χ4v) is 6.16. The fraction of sp³-hybridized carbons (Fsp3) is 0.536. The fourth-order valence-electron chi connectivity index (χ4n) is 6.16. The van der Waals surface area contributed by atoms with E-state index < -0.39 is 23.2 Å². The van der Waals surface area contributed by atoms with Crippen LogP contribution in [0.3, 0.4) is 0 Å². The van der Waals surface area contributed by atoms with Gasteiger partial charge in [-0.15, -0.1) is 0 Å². The lowest BCUT2D eigenvalue weighted by Gasteiger charge is -2.43. The first-order valence-electron chi connectivity index (χ1n) is 13.2. The van der Waals surface area contributed by atoms with Crippen LogP contribution in [0.1, 0.15) is 64.2 Å². The van der Waals surface area contributed by atoms with E-state index in [1.54, 1.807) is 0 Å². The number of nitrogens with one attached hydrogen (secondary N) is 3. The van der Waals surface area contributed by atoms with Crippen LogP contribution in [0.25, 0.3) is 0 Å². The van der Waals surface area contributed by atoms with Gasteiger partial charge in [-0.05, 0) is 55.9 Å². The van der Waals surface area contributed by atoms with Gasteiger partial charge in [-0.25, -0.2) is 13.2 Å². The summed E-state index contributed by atoms with van der Waals surface area (Å²) < 4.78 is 47.8. The van der Waals surface area contributed by atoms with E-state index in [0.717, 1.165) is 69.9 Å². The van der Waals surface area contributed by atoms with E-state index in [0.29, 0.717) is 17.1 Å². The molecule has 0 saturated heterocycles. The highest BCUT2D eigenvalue weighted by atomic mass is 19.2. The summed E-state index contributed by atoms with van der Waals surface area (Å²) in [7, 11) is 0. The molecule has 1 amide bonds. The number of amides is 1. The number of benzene rings is 2. The molecule has 2 aromatic carbocycles. The summed E-state index contributed by atoms with van der Waals surface area (Å²) in [6.07, 6.45) is 10.3. The van der Waals surface area contributed by atoms with Crippen LogP contribution >= 0.6 is 0 Å². The molecule has 0 bridgehead atoms. The van der Waals surface area contributed by atoms with Gasteiger partial charge in [0.05, 0.1) is 17.3 Å². The number of fused-ring (bicyclic) bond motifs is 1. The summed E-state index contributed by atoms with van der Waals surface area (Å²) in [5.74, 6) is -2.38.